The van der Waals surface area contributed by atoms with Gasteiger partial charge in [0.1, 0.15) is 6.33 Å². The largest absolute Gasteiger partial charge is 0.364 e. The zero-order chi connectivity index (χ0) is 29.4. The lowest BCUT2D eigenvalue weighted by molar-refractivity contribution is -0.114. The number of amides is 2. The molecular weight excluding hydrogens is 514 g/mol. The van der Waals surface area contributed by atoms with Crippen LogP contribution in [-0.2, 0) is 11.3 Å². The average Bonchev–Trinajstić information content (AvgIpc) is 2.96. The first-order valence-corrected chi connectivity index (χ1v) is 14.2. The van der Waals surface area contributed by atoms with Gasteiger partial charge in [-0.25, -0.2) is 9.97 Å². The predicted molar refractivity (Wildman–Crippen MR) is 161 cm³/mol. The molecule has 9 heteroatoms. The van der Waals surface area contributed by atoms with Crippen molar-refractivity contribution in [3.8, 4) is 6.07 Å². The summed E-state index contributed by atoms with van der Waals surface area (Å²) < 4.78 is 0. The molecule has 2 aromatic carbocycles. The summed E-state index contributed by atoms with van der Waals surface area (Å²) in [6, 6.07) is 18.7. The van der Waals surface area contributed by atoms with Gasteiger partial charge in [-0.05, 0) is 82.0 Å². The molecule has 214 valence electrons. The van der Waals surface area contributed by atoms with Gasteiger partial charge in [-0.15, -0.1) is 0 Å². The summed E-state index contributed by atoms with van der Waals surface area (Å²) >= 11 is 0. The standard InChI is InChI=1S/C32H39N7O2/c1-22(12-15-34-32(41)31-23(2)35-21-36-24(31)3)38-16-13-30(14-17-38)39(20-27-7-5-6-26(18-27)19-33)29-10-8-28(9-11-29)37-25(4)40/h5-11,18,21-22,30H,12-17,20H2,1-4H3,(H,34,41)(H,37,40). The van der Waals surface area contributed by atoms with Crippen molar-refractivity contribution in [3.63, 3.8) is 0 Å². The van der Waals surface area contributed by atoms with Crippen LogP contribution in [-0.4, -0.2) is 58.4 Å². The van der Waals surface area contributed by atoms with Gasteiger partial charge in [-0.1, -0.05) is 12.1 Å². The number of hydrogen-bond donors (Lipinski definition) is 2. The third kappa shape index (κ3) is 7.89. The first-order valence-electron chi connectivity index (χ1n) is 14.2. The van der Waals surface area contributed by atoms with Gasteiger partial charge in [0.05, 0.1) is 28.6 Å². The van der Waals surface area contributed by atoms with E-state index in [-0.39, 0.29) is 11.8 Å². The van der Waals surface area contributed by atoms with E-state index in [1.807, 2.05) is 44.2 Å². The molecule has 2 N–H and O–H groups in total. The maximum atomic E-state index is 12.7. The first-order chi connectivity index (χ1) is 19.7. The summed E-state index contributed by atoms with van der Waals surface area (Å²) in [6.07, 6.45) is 4.35. The van der Waals surface area contributed by atoms with Crippen LogP contribution in [0.3, 0.4) is 0 Å². The molecule has 9 nitrogen and oxygen atoms in total. The second-order valence-corrected chi connectivity index (χ2v) is 10.7. The SMILES string of the molecule is CC(=O)Nc1ccc(N(Cc2cccc(C#N)c2)C2CCN(C(C)CCNC(=O)c3c(C)ncnc3C)CC2)cc1. The van der Waals surface area contributed by atoms with Crippen LogP contribution in [0.4, 0.5) is 11.4 Å². The van der Waals surface area contributed by atoms with Crippen molar-refractivity contribution in [2.45, 2.75) is 65.6 Å². The Balaban J connectivity index is 1.37. The van der Waals surface area contributed by atoms with E-state index in [4.69, 9.17) is 0 Å². The van der Waals surface area contributed by atoms with E-state index < -0.39 is 0 Å². The van der Waals surface area contributed by atoms with Crippen molar-refractivity contribution in [1.29, 1.82) is 5.26 Å². The normalized spacial score (nSPS) is 14.6. The van der Waals surface area contributed by atoms with Gasteiger partial charge < -0.3 is 20.4 Å². The average molecular weight is 554 g/mol. The Kier molecular flexibility index (Phi) is 10.0. The van der Waals surface area contributed by atoms with E-state index >= 15 is 0 Å². The van der Waals surface area contributed by atoms with Gasteiger partial charge in [-0.3, -0.25) is 9.59 Å². The molecule has 4 rings (SSSR count). The Bertz CT molecular complexity index is 1370. The van der Waals surface area contributed by atoms with E-state index in [2.05, 4.69) is 61.6 Å². The minimum atomic E-state index is -0.118. The smallest absolute Gasteiger partial charge is 0.254 e. The highest BCUT2D eigenvalue weighted by molar-refractivity contribution is 5.96. The van der Waals surface area contributed by atoms with Crippen LogP contribution >= 0.6 is 0 Å². The van der Waals surface area contributed by atoms with E-state index in [0.717, 1.165) is 49.3 Å². The monoisotopic (exact) mass is 553 g/mol. The van der Waals surface area contributed by atoms with Crippen LogP contribution in [0, 0.1) is 25.2 Å². The Morgan fingerprint density at radius 3 is 2.41 bits per heavy atom. The van der Waals surface area contributed by atoms with Gasteiger partial charge in [0.25, 0.3) is 5.91 Å². The third-order valence-corrected chi connectivity index (χ3v) is 7.79. The molecule has 1 aromatic heterocycles. The number of carbonyl (C=O) groups is 2. The summed E-state index contributed by atoms with van der Waals surface area (Å²) in [4.78, 5) is 37.4. The highest BCUT2D eigenvalue weighted by Gasteiger charge is 2.27. The van der Waals surface area contributed by atoms with E-state index in [1.165, 1.54) is 13.3 Å². The predicted octanol–water partition coefficient (Wildman–Crippen LogP) is 4.60. The zero-order valence-corrected chi connectivity index (χ0v) is 24.4. The van der Waals surface area contributed by atoms with Crippen molar-refractivity contribution in [2.75, 3.05) is 29.9 Å². The van der Waals surface area contributed by atoms with Gasteiger partial charge in [0.15, 0.2) is 0 Å². The van der Waals surface area contributed by atoms with Crippen LogP contribution in [0.1, 0.15) is 66.0 Å². The fourth-order valence-electron chi connectivity index (χ4n) is 5.53. The first kappa shape index (κ1) is 29.7. The lowest BCUT2D eigenvalue weighted by Crippen LogP contribution is -2.48. The van der Waals surface area contributed by atoms with E-state index in [1.54, 1.807) is 0 Å². The molecule has 1 fully saturated rings. The van der Waals surface area contributed by atoms with Gasteiger partial charge in [-0.2, -0.15) is 5.26 Å². The van der Waals surface area contributed by atoms with Crippen LogP contribution in [0.5, 0.6) is 0 Å². The second kappa shape index (κ2) is 13.9. The molecule has 2 amide bonds. The Morgan fingerprint density at radius 1 is 1.10 bits per heavy atom. The molecule has 1 aliphatic heterocycles. The lowest BCUT2D eigenvalue weighted by atomic mass is 9.99. The lowest BCUT2D eigenvalue weighted by Gasteiger charge is -2.42. The summed E-state index contributed by atoms with van der Waals surface area (Å²) in [7, 11) is 0. The number of piperidine rings is 1. The number of hydrogen-bond acceptors (Lipinski definition) is 7. The second-order valence-electron chi connectivity index (χ2n) is 10.7. The van der Waals surface area contributed by atoms with Crippen molar-refractivity contribution >= 4 is 23.2 Å². The Labute approximate surface area is 242 Å². The number of rotatable bonds is 10. The van der Waals surface area contributed by atoms with Crippen LogP contribution < -0.4 is 15.5 Å². The van der Waals surface area contributed by atoms with Gasteiger partial charge in [0, 0.05) is 56.6 Å². The number of benzene rings is 2. The van der Waals surface area contributed by atoms with Crippen LogP contribution in [0.25, 0.3) is 0 Å². The van der Waals surface area contributed by atoms with Crippen molar-refractivity contribution < 1.29 is 9.59 Å². The highest BCUT2D eigenvalue weighted by Crippen LogP contribution is 2.28. The van der Waals surface area contributed by atoms with Gasteiger partial charge >= 0.3 is 0 Å². The molecule has 1 saturated heterocycles. The molecule has 2 heterocycles. The maximum Gasteiger partial charge on any atom is 0.254 e. The summed E-state index contributed by atoms with van der Waals surface area (Å²) in [6.45, 7) is 10.6. The molecule has 1 unspecified atom stereocenters. The highest BCUT2D eigenvalue weighted by atomic mass is 16.2. The molecular formula is C32H39N7O2. The molecule has 0 spiro atoms. The number of nitrogens with zero attached hydrogens (tertiary/aromatic N) is 5. The number of aromatic nitrogens is 2. The summed E-state index contributed by atoms with van der Waals surface area (Å²) in [5.41, 5.74) is 5.56. The molecule has 0 bridgehead atoms. The molecule has 3 aromatic rings. The molecule has 1 atom stereocenters. The van der Waals surface area contributed by atoms with Crippen LogP contribution in [0.2, 0.25) is 0 Å². The quantitative estimate of drug-likeness (QED) is 0.377. The molecule has 0 aliphatic carbocycles. The minimum Gasteiger partial charge on any atom is -0.364 e. The Morgan fingerprint density at radius 2 is 1.78 bits per heavy atom. The van der Waals surface area contributed by atoms with Crippen molar-refractivity contribution in [2.24, 2.45) is 0 Å². The number of likely N-dealkylation sites (tertiary alicyclic amines) is 1. The van der Waals surface area contributed by atoms with Gasteiger partial charge in [0.2, 0.25) is 5.91 Å². The maximum absolute atomic E-state index is 12.7. The molecule has 41 heavy (non-hydrogen) atoms. The zero-order valence-electron chi connectivity index (χ0n) is 24.4. The van der Waals surface area contributed by atoms with E-state index in [9.17, 15) is 14.9 Å². The third-order valence-electron chi connectivity index (χ3n) is 7.79. The molecule has 1 aliphatic rings. The summed E-state index contributed by atoms with van der Waals surface area (Å²) in [5, 5.41) is 15.3. The van der Waals surface area contributed by atoms with E-state index in [0.29, 0.717) is 47.7 Å². The topological polar surface area (TPSA) is 114 Å². The van der Waals surface area contributed by atoms with Crippen molar-refractivity contribution in [3.05, 3.63) is 82.9 Å². The fraction of sp³-hybridized carbons (Fsp3) is 0.406. The number of carbonyl (C=O) groups excluding carboxylic acids is 2. The van der Waals surface area contributed by atoms with Crippen LogP contribution in [0.15, 0.2) is 54.9 Å². The Hall–Kier alpha value is -4.29. The molecule has 0 saturated carbocycles. The number of nitrogens with one attached hydrogen (secondary N) is 2. The summed E-state index contributed by atoms with van der Waals surface area (Å²) in [5.74, 6) is -0.213. The number of nitriles is 1. The molecule has 0 radical (unpaired) electrons. The number of aryl methyl sites for hydroxylation is 2. The fourth-order valence-corrected chi connectivity index (χ4v) is 5.53. The van der Waals surface area contributed by atoms with Crippen molar-refractivity contribution in [1.82, 2.24) is 20.2 Å². The minimum absolute atomic E-state index is 0.0942. The number of anilines is 2.